The summed E-state index contributed by atoms with van der Waals surface area (Å²) in [6.07, 6.45) is 0. The van der Waals surface area contributed by atoms with Gasteiger partial charge in [0.15, 0.2) is 11.5 Å². The summed E-state index contributed by atoms with van der Waals surface area (Å²) in [5, 5.41) is 12.7. The summed E-state index contributed by atoms with van der Waals surface area (Å²) in [5.41, 5.74) is 2.82. The van der Waals surface area contributed by atoms with Crippen molar-refractivity contribution in [2.45, 2.75) is 19.5 Å². The van der Waals surface area contributed by atoms with E-state index in [0.29, 0.717) is 49.2 Å². The van der Waals surface area contributed by atoms with Crippen LogP contribution in [0, 0.1) is 5.82 Å². The first-order valence-corrected chi connectivity index (χ1v) is 12.3. The number of urea groups is 1. The predicted octanol–water partition coefficient (Wildman–Crippen LogP) is 4.50. The molecule has 0 aliphatic carbocycles. The molecule has 1 atom stereocenters. The van der Waals surface area contributed by atoms with Crippen molar-refractivity contribution in [3.63, 3.8) is 0 Å². The fraction of sp³-hybridized carbons (Fsp3) is 0.214. The van der Waals surface area contributed by atoms with Gasteiger partial charge in [0.1, 0.15) is 5.82 Å². The number of para-hydroxylation sites is 1. The Morgan fingerprint density at radius 3 is 2.54 bits per heavy atom. The number of fused-ring (bicyclic) bond motifs is 3. The van der Waals surface area contributed by atoms with Crippen molar-refractivity contribution in [1.82, 2.24) is 29.8 Å². The lowest BCUT2D eigenvalue weighted by Gasteiger charge is -2.40. The monoisotopic (exact) mass is 495 g/mol. The van der Waals surface area contributed by atoms with Gasteiger partial charge in [-0.2, -0.15) is 0 Å². The Morgan fingerprint density at radius 2 is 1.73 bits per heavy atom. The lowest BCUT2D eigenvalue weighted by molar-refractivity contribution is 0.170. The van der Waals surface area contributed by atoms with E-state index in [4.69, 9.17) is 4.98 Å². The maximum absolute atomic E-state index is 14.8. The highest BCUT2D eigenvalue weighted by molar-refractivity contribution is 5.93. The Morgan fingerprint density at radius 1 is 0.973 bits per heavy atom. The smallest absolute Gasteiger partial charge is 0.318 e. The average molecular weight is 496 g/mol. The third kappa shape index (κ3) is 4.22. The van der Waals surface area contributed by atoms with Crippen LogP contribution in [0.2, 0.25) is 0 Å². The number of aromatic nitrogens is 4. The molecule has 37 heavy (non-hydrogen) atoms. The normalized spacial score (nSPS) is 15.9. The van der Waals surface area contributed by atoms with Crippen LogP contribution >= 0.6 is 0 Å². The summed E-state index contributed by atoms with van der Waals surface area (Å²) >= 11 is 0. The summed E-state index contributed by atoms with van der Waals surface area (Å²) in [6.45, 7) is 4.16. The van der Waals surface area contributed by atoms with Crippen LogP contribution < -0.4 is 10.2 Å². The van der Waals surface area contributed by atoms with E-state index in [0.717, 1.165) is 16.5 Å². The van der Waals surface area contributed by atoms with Gasteiger partial charge in [-0.15, -0.1) is 10.2 Å². The van der Waals surface area contributed by atoms with Crippen LogP contribution in [0.25, 0.3) is 27.9 Å². The van der Waals surface area contributed by atoms with Crippen molar-refractivity contribution < 1.29 is 9.18 Å². The highest BCUT2D eigenvalue weighted by Crippen LogP contribution is 2.30. The minimum atomic E-state index is -0.371. The van der Waals surface area contributed by atoms with Crippen LogP contribution in [0.4, 0.5) is 15.1 Å². The summed E-state index contributed by atoms with van der Waals surface area (Å²) in [4.78, 5) is 21.9. The quantitative estimate of drug-likeness (QED) is 0.397. The number of piperazine rings is 1. The van der Waals surface area contributed by atoms with Crippen LogP contribution in [0.3, 0.4) is 0 Å². The fourth-order valence-corrected chi connectivity index (χ4v) is 4.91. The number of carbonyl (C=O) groups is 1. The van der Waals surface area contributed by atoms with Crippen LogP contribution in [-0.4, -0.2) is 56.2 Å². The number of hydrogen-bond donors (Lipinski definition) is 1. The number of nitrogens with one attached hydrogen (secondary N) is 1. The fourth-order valence-electron chi connectivity index (χ4n) is 4.91. The van der Waals surface area contributed by atoms with Crippen molar-refractivity contribution in [3.05, 3.63) is 90.2 Å². The highest BCUT2D eigenvalue weighted by atomic mass is 19.1. The number of rotatable bonds is 4. The van der Waals surface area contributed by atoms with E-state index in [9.17, 15) is 9.18 Å². The van der Waals surface area contributed by atoms with Gasteiger partial charge in [-0.1, -0.05) is 54.6 Å². The molecule has 6 rings (SSSR count). The van der Waals surface area contributed by atoms with E-state index >= 15 is 0 Å². The topological polar surface area (TPSA) is 78.7 Å². The molecule has 1 aliphatic rings. The van der Waals surface area contributed by atoms with E-state index in [-0.39, 0.29) is 17.9 Å². The molecule has 0 radical (unpaired) electrons. The molecule has 2 amide bonds. The molecule has 1 fully saturated rings. The van der Waals surface area contributed by atoms with Gasteiger partial charge < -0.3 is 15.1 Å². The zero-order valence-electron chi connectivity index (χ0n) is 20.4. The number of carbonyl (C=O) groups excluding carboxylic acids is 1. The molecule has 8 nitrogen and oxygen atoms in total. The van der Waals surface area contributed by atoms with Gasteiger partial charge in [0.25, 0.3) is 0 Å². The molecule has 2 aromatic heterocycles. The zero-order chi connectivity index (χ0) is 25.4. The maximum Gasteiger partial charge on any atom is 0.318 e. The van der Waals surface area contributed by atoms with Crippen molar-refractivity contribution >= 4 is 28.5 Å². The summed E-state index contributed by atoms with van der Waals surface area (Å²) in [6, 6.07) is 24.0. The summed E-state index contributed by atoms with van der Waals surface area (Å²) in [5.74, 6) is 0.661. The second-order valence-electron chi connectivity index (χ2n) is 9.22. The van der Waals surface area contributed by atoms with Gasteiger partial charge >= 0.3 is 6.03 Å². The Labute approximate surface area is 213 Å². The molecule has 186 valence electrons. The molecule has 3 heterocycles. The van der Waals surface area contributed by atoms with Crippen molar-refractivity contribution in [2.75, 3.05) is 24.5 Å². The average Bonchev–Trinajstić information content (AvgIpc) is 3.37. The van der Waals surface area contributed by atoms with Gasteiger partial charge in [0.2, 0.25) is 5.95 Å². The molecule has 9 heteroatoms. The molecule has 1 N–H and O–H groups in total. The Kier molecular flexibility index (Phi) is 5.88. The first-order valence-electron chi connectivity index (χ1n) is 12.3. The minimum absolute atomic E-state index is 0.0683. The molecule has 1 aliphatic heterocycles. The second kappa shape index (κ2) is 9.50. The maximum atomic E-state index is 14.8. The molecule has 0 spiro atoms. The van der Waals surface area contributed by atoms with Gasteiger partial charge in [-0.3, -0.25) is 0 Å². The van der Waals surface area contributed by atoms with E-state index in [1.165, 1.54) is 6.07 Å². The zero-order valence-corrected chi connectivity index (χ0v) is 20.4. The van der Waals surface area contributed by atoms with Crippen molar-refractivity contribution in [1.29, 1.82) is 0 Å². The van der Waals surface area contributed by atoms with E-state index in [2.05, 4.69) is 20.4 Å². The van der Waals surface area contributed by atoms with Crippen molar-refractivity contribution in [3.8, 4) is 11.4 Å². The number of hydrogen-bond acceptors (Lipinski definition) is 5. The number of halogens is 1. The Hall–Kier alpha value is -4.53. The highest BCUT2D eigenvalue weighted by Gasteiger charge is 2.30. The number of nitrogens with zero attached hydrogens (tertiary/aromatic N) is 6. The predicted molar refractivity (Wildman–Crippen MR) is 141 cm³/mol. The number of benzene rings is 3. The van der Waals surface area contributed by atoms with Gasteiger partial charge in [-0.25, -0.2) is 18.6 Å². The third-order valence-electron chi connectivity index (χ3n) is 6.80. The summed E-state index contributed by atoms with van der Waals surface area (Å²) < 4.78 is 16.6. The second-order valence-corrected chi connectivity index (χ2v) is 9.22. The van der Waals surface area contributed by atoms with Crippen LogP contribution in [-0.2, 0) is 6.54 Å². The molecule has 1 saturated heterocycles. The van der Waals surface area contributed by atoms with Crippen molar-refractivity contribution in [2.24, 2.45) is 0 Å². The van der Waals surface area contributed by atoms with Gasteiger partial charge in [-0.05, 0) is 36.8 Å². The minimum Gasteiger partial charge on any atom is -0.338 e. The molecule has 3 aromatic carbocycles. The molecule has 5 aromatic rings. The number of anilines is 1. The first kappa shape index (κ1) is 22.9. The molecule has 0 bridgehead atoms. The molecule has 0 saturated carbocycles. The van der Waals surface area contributed by atoms with Crippen LogP contribution in [0.15, 0.2) is 78.9 Å². The first-order chi connectivity index (χ1) is 18.1. The third-order valence-corrected chi connectivity index (χ3v) is 6.80. The van der Waals surface area contributed by atoms with Crippen LogP contribution in [0.1, 0.15) is 12.5 Å². The SMILES string of the molecule is C[C@@H]1CN(c2nc3ccccc3c3nnc(-c4ccccc4F)n23)CCN1C(=O)NCc1ccccc1. The molecule has 0 unspecified atom stereocenters. The number of amides is 2. The van der Waals surface area contributed by atoms with E-state index < -0.39 is 0 Å². The molecular formula is C28H26FN7O. The largest absolute Gasteiger partial charge is 0.338 e. The summed E-state index contributed by atoms with van der Waals surface area (Å²) in [7, 11) is 0. The lowest BCUT2D eigenvalue weighted by atomic mass is 10.2. The van der Waals surface area contributed by atoms with E-state index in [1.807, 2.05) is 70.8 Å². The van der Waals surface area contributed by atoms with E-state index in [1.54, 1.807) is 18.2 Å². The lowest BCUT2D eigenvalue weighted by Crippen LogP contribution is -2.57. The Bertz CT molecular complexity index is 1590. The van der Waals surface area contributed by atoms with Gasteiger partial charge in [0, 0.05) is 37.6 Å². The van der Waals surface area contributed by atoms with Gasteiger partial charge in [0.05, 0.1) is 11.1 Å². The Balaban J connectivity index is 1.33. The standard InChI is InChI=1S/C28H26FN7O/c1-19-18-34(15-16-35(19)28(37)30-17-20-9-3-2-4-10-20)27-31-24-14-8-6-12-22(24)26-33-32-25(36(26)27)21-11-5-7-13-23(21)29/h2-14,19H,15-18H2,1H3,(H,30,37)/t19-/m1/s1. The van der Waals surface area contributed by atoms with Crippen LogP contribution in [0.5, 0.6) is 0 Å². The molecular weight excluding hydrogens is 469 g/mol.